The molecule has 1 fully saturated rings. The van der Waals surface area contributed by atoms with Crippen LogP contribution in [0.15, 0.2) is 18.2 Å². The molecule has 1 N–H and O–H groups in total. The molecule has 118 valence electrons. The standard InChI is InChI=1S/C18H29ClN2/c1-5-20-13-14-6-7-16(19)12-17(14)21-10-8-15(9-11-21)18(2,3)4/h6-7,12,15,20H,5,8-11,13H2,1-4H3. The lowest BCUT2D eigenvalue weighted by molar-refractivity contribution is 0.199. The zero-order chi connectivity index (χ0) is 15.5. The van der Waals surface area contributed by atoms with E-state index in [4.69, 9.17) is 11.6 Å². The molecule has 0 bridgehead atoms. The molecule has 1 aromatic rings. The van der Waals surface area contributed by atoms with Gasteiger partial charge in [-0.1, -0.05) is 45.4 Å². The van der Waals surface area contributed by atoms with Crippen LogP contribution in [-0.4, -0.2) is 19.6 Å². The smallest absolute Gasteiger partial charge is 0.0426 e. The monoisotopic (exact) mass is 308 g/mol. The fourth-order valence-electron chi connectivity index (χ4n) is 3.23. The quantitative estimate of drug-likeness (QED) is 0.866. The van der Waals surface area contributed by atoms with Crippen LogP contribution in [0.1, 0.15) is 46.1 Å². The molecule has 3 heteroatoms. The molecule has 0 atom stereocenters. The number of anilines is 1. The van der Waals surface area contributed by atoms with Gasteiger partial charge in [-0.15, -0.1) is 0 Å². The predicted octanol–water partition coefficient (Wildman–Crippen LogP) is 4.71. The average molecular weight is 309 g/mol. The van der Waals surface area contributed by atoms with E-state index in [9.17, 15) is 0 Å². The van der Waals surface area contributed by atoms with E-state index in [0.29, 0.717) is 5.41 Å². The van der Waals surface area contributed by atoms with Gasteiger partial charge < -0.3 is 10.2 Å². The van der Waals surface area contributed by atoms with E-state index in [2.05, 4.69) is 50.0 Å². The van der Waals surface area contributed by atoms with Gasteiger partial charge in [0.1, 0.15) is 0 Å². The minimum absolute atomic E-state index is 0.424. The van der Waals surface area contributed by atoms with Gasteiger partial charge in [0.15, 0.2) is 0 Å². The number of rotatable bonds is 4. The normalized spacial score (nSPS) is 17.3. The summed E-state index contributed by atoms with van der Waals surface area (Å²) in [5, 5.41) is 4.26. The number of hydrogen-bond donors (Lipinski definition) is 1. The van der Waals surface area contributed by atoms with Crippen LogP contribution in [0, 0.1) is 11.3 Å². The van der Waals surface area contributed by atoms with Gasteiger partial charge in [-0.25, -0.2) is 0 Å². The molecule has 1 aliphatic rings. The molecule has 0 radical (unpaired) electrons. The van der Waals surface area contributed by atoms with E-state index >= 15 is 0 Å². The van der Waals surface area contributed by atoms with E-state index in [1.54, 1.807) is 0 Å². The average Bonchev–Trinajstić information content (AvgIpc) is 2.45. The van der Waals surface area contributed by atoms with E-state index in [-0.39, 0.29) is 0 Å². The molecule has 2 rings (SSSR count). The third kappa shape index (κ3) is 4.37. The van der Waals surface area contributed by atoms with Crippen molar-refractivity contribution in [3.8, 4) is 0 Å². The van der Waals surface area contributed by atoms with Crippen molar-refractivity contribution in [1.29, 1.82) is 0 Å². The Morgan fingerprint density at radius 2 is 1.90 bits per heavy atom. The Bertz CT molecular complexity index is 457. The lowest BCUT2D eigenvalue weighted by atomic mass is 9.75. The number of halogens is 1. The maximum Gasteiger partial charge on any atom is 0.0426 e. The van der Waals surface area contributed by atoms with E-state index in [0.717, 1.165) is 37.1 Å². The van der Waals surface area contributed by atoms with Crippen molar-refractivity contribution in [1.82, 2.24) is 5.32 Å². The van der Waals surface area contributed by atoms with Crippen LogP contribution in [0.5, 0.6) is 0 Å². The highest BCUT2D eigenvalue weighted by molar-refractivity contribution is 6.30. The molecule has 21 heavy (non-hydrogen) atoms. The summed E-state index contributed by atoms with van der Waals surface area (Å²) in [7, 11) is 0. The maximum absolute atomic E-state index is 6.22. The summed E-state index contributed by atoms with van der Waals surface area (Å²) in [5.74, 6) is 0.824. The lowest BCUT2D eigenvalue weighted by Gasteiger charge is -2.40. The molecule has 0 aromatic heterocycles. The zero-order valence-electron chi connectivity index (χ0n) is 13.9. The van der Waals surface area contributed by atoms with Crippen molar-refractivity contribution in [2.24, 2.45) is 11.3 Å². The molecular weight excluding hydrogens is 280 g/mol. The summed E-state index contributed by atoms with van der Waals surface area (Å²) >= 11 is 6.22. The lowest BCUT2D eigenvalue weighted by Crippen LogP contribution is -2.38. The molecule has 0 amide bonds. The minimum Gasteiger partial charge on any atom is -0.371 e. The van der Waals surface area contributed by atoms with Crippen molar-refractivity contribution in [3.05, 3.63) is 28.8 Å². The van der Waals surface area contributed by atoms with Crippen molar-refractivity contribution in [3.63, 3.8) is 0 Å². The van der Waals surface area contributed by atoms with Crippen LogP contribution in [0.25, 0.3) is 0 Å². The molecule has 0 saturated carbocycles. The first-order valence-electron chi connectivity index (χ1n) is 8.16. The summed E-state index contributed by atoms with van der Waals surface area (Å²) in [5.41, 5.74) is 3.10. The van der Waals surface area contributed by atoms with E-state index in [1.807, 2.05) is 6.07 Å². The van der Waals surface area contributed by atoms with Gasteiger partial charge >= 0.3 is 0 Å². The second-order valence-corrected chi connectivity index (χ2v) is 7.62. The highest BCUT2D eigenvalue weighted by Gasteiger charge is 2.29. The minimum atomic E-state index is 0.424. The summed E-state index contributed by atoms with van der Waals surface area (Å²) in [6, 6.07) is 6.29. The second-order valence-electron chi connectivity index (χ2n) is 7.18. The van der Waals surface area contributed by atoms with Crippen LogP contribution in [-0.2, 0) is 6.54 Å². The zero-order valence-corrected chi connectivity index (χ0v) is 14.6. The number of piperidine rings is 1. The molecule has 0 aliphatic carbocycles. The Morgan fingerprint density at radius 1 is 1.24 bits per heavy atom. The van der Waals surface area contributed by atoms with Crippen molar-refractivity contribution < 1.29 is 0 Å². The Hall–Kier alpha value is -0.730. The summed E-state index contributed by atoms with van der Waals surface area (Å²) in [6.07, 6.45) is 2.55. The Balaban J connectivity index is 2.10. The van der Waals surface area contributed by atoms with Crippen LogP contribution >= 0.6 is 11.6 Å². The van der Waals surface area contributed by atoms with E-state index in [1.165, 1.54) is 24.1 Å². The highest BCUT2D eigenvalue weighted by atomic mass is 35.5. The van der Waals surface area contributed by atoms with Crippen LogP contribution in [0.4, 0.5) is 5.69 Å². The van der Waals surface area contributed by atoms with Gasteiger partial charge in [0, 0.05) is 30.3 Å². The van der Waals surface area contributed by atoms with Crippen LogP contribution < -0.4 is 10.2 Å². The van der Waals surface area contributed by atoms with Crippen molar-refractivity contribution in [2.75, 3.05) is 24.5 Å². The highest BCUT2D eigenvalue weighted by Crippen LogP contribution is 2.36. The Kier molecular flexibility index (Phi) is 5.56. The van der Waals surface area contributed by atoms with Gasteiger partial charge in [-0.3, -0.25) is 0 Å². The topological polar surface area (TPSA) is 15.3 Å². The first kappa shape index (κ1) is 16.6. The molecular formula is C18H29ClN2. The SMILES string of the molecule is CCNCc1ccc(Cl)cc1N1CCC(C(C)(C)C)CC1. The molecule has 0 unspecified atom stereocenters. The number of hydrogen-bond acceptors (Lipinski definition) is 2. The fourth-order valence-corrected chi connectivity index (χ4v) is 3.39. The first-order chi connectivity index (χ1) is 9.91. The largest absolute Gasteiger partial charge is 0.371 e. The summed E-state index contributed by atoms with van der Waals surface area (Å²) in [6.45, 7) is 13.4. The van der Waals surface area contributed by atoms with E-state index < -0.39 is 0 Å². The van der Waals surface area contributed by atoms with Gasteiger partial charge in [0.05, 0.1) is 0 Å². The second kappa shape index (κ2) is 7.02. The molecule has 2 nitrogen and oxygen atoms in total. The maximum atomic E-state index is 6.22. The molecule has 1 heterocycles. The van der Waals surface area contributed by atoms with Crippen molar-refractivity contribution in [2.45, 2.75) is 47.1 Å². The summed E-state index contributed by atoms with van der Waals surface area (Å²) < 4.78 is 0. The van der Waals surface area contributed by atoms with Crippen molar-refractivity contribution >= 4 is 17.3 Å². The fraction of sp³-hybridized carbons (Fsp3) is 0.667. The molecule has 1 saturated heterocycles. The Labute approximate surface area is 134 Å². The number of nitrogens with one attached hydrogen (secondary N) is 1. The van der Waals surface area contributed by atoms with Crippen LogP contribution in [0.2, 0.25) is 5.02 Å². The van der Waals surface area contributed by atoms with Crippen LogP contribution in [0.3, 0.4) is 0 Å². The van der Waals surface area contributed by atoms with Gasteiger partial charge in [0.2, 0.25) is 0 Å². The third-order valence-electron chi connectivity index (χ3n) is 4.67. The molecule has 0 spiro atoms. The number of benzene rings is 1. The first-order valence-corrected chi connectivity index (χ1v) is 8.53. The molecule has 1 aliphatic heterocycles. The van der Waals surface area contributed by atoms with Gasteiger partial charge in [0.25, 0.3) is 0 Å². The molecule has 1 aromatic carbocycles. The predicted molar refractivity (Wildman–Crippen MR) is 93.2 cm³/mol. The van der Waals surface area contributed by atoms with Gasteiger partial charge in [-0.05, 0) is 48.4 Å². The Morgan fingerprint density at radius 3 is 2.48 bits per heavy atom. The number of nitrogens with zero attached hydrogens (tertiary/aromatic N) is 1. The van der Waals surface area contributed by atoms with Gasteiger partial charge in [-0.2, -0.15) is 0 Å². The third-order valence-corrected chi connectivity index (χ3v) is 4.91. The summed E-state index contributed by atoms with van der Waals surface area (Å²) in [4.78, 5) is 2.51.